The zero-order valence-electron chi connectivity index (χ0n) is 8.42. The summed E-state index contributed by atoms with van der Waals surface area (Å²) in [7, 11) is 0. The van der Waals surface area contributed by atoms with E-state index in [2.05, 4.69) is 19.9 Å². The molecule has 0 heterocycles. The predicted octanol–water partition coefficient (Wildman–Crippen LogP) is 1.95. The summed E-state index contributed by atoms with van der Waals surface area (Å²) in [6.07, 6.45) is 5.04. The van der Waals surface area contributed by atoms with Gasteiger partial charge in [-0.3, -0.25) is 0 Å². The van der Waals surface area contributed by atoms with Crippen LogP contribution in [0.3, 0.4) is 0 Å². The Labute approximate surface area is 75.8 Å². The normalized spacial score (nSPS) is 14.4. The zero-order chi connectivity index (χ0) is 9.40. The molecule has 0 amide bonds. The fourth-order valence-corrected chi connectivity index (χ4v) is 0.751. The van der Waals surface area contributed by atoms with Crippen molar-refractivity contribution < 1.29 is 4.74 Å². The molecule has 2 heteroatoms. The number of hydrogen-bond donors (Lipinski definition) is 1. The Morgan fingerprint density at radius 1 is 1.25 bits per heavy atom. The Kier molecular flexibility index (Phi) is 7.11. The summed E-state index contributed by atoms with van der Waals surface area (Å²) < 4.78 is 5.35. The quantitative estimate of drug-likeness (QED) is 0.489. The Balaban J connectivity index is 3.13. The SMILES string of the molecule is CC(C)COC/C=C\CC(C)N. The molecule has 12 heavy (non-hydrogen) atoms. The summed E-state index contributed by atoms with van der Waals surface area (Å²) in [6, 6.07) is 0.256. The highest BCUT2D eigenvalue weighted by atomic mass is 16.5. The third-order valence-corrected chi connectivity index (χ3v) is 1.34. The second-order valence-electron chi connectivity index (χ2n) is 3.62. The van der Waals surface area contributed by atoms with Crippen LogP contribution in [0.5, 0.6) is 0 Å². The van der Waals surface area contributed by atoms with Gasteiger partial charge in [0.25, 0.3) is 0 Å². The van der Waals surface area contributed by atoms with Crippen LogP contribution in [0.15, 0.2) is 12.2 Å². The van der Waals surface area contributed by atoms with E-state index in [4.69, 9.17) is 10.5 Å². The summed E-state index contributed by atoms with van der Waals surface area (Å²) in [4.78, 5) is 0. The van der Waals surface area contributed by atoms with Gasteiger partial charge in [0, 0.05) is 12.6 Å². The van der Waals surface area contributed by atoms with Gasteiger partial charge in [0.15, 0.2) is 0 Å². The van der Waals surface area contributed by atoms with E-state index in [1.54, 1.807) is 0 Å². The van der Waals surface area contributed by atoms with Crippen molar-refractivity contribution >= 4 is 0 Å². The highest BCUT2D eigenvalue weighted by Crippen LogP contribution is 1.93. The molecular formula is C10H21NO. The first kappa shape index (κ1) is 11.7. The lowest BCUT2D eigenvalue weighted by atomic mass is 10.2. The molecule has 2 N–H and O–H groups in total. The van der Waals surface area contributed by atoms with Gasteiger partial charge in [-0.05, 0) is 19.3 Å². The number of rotatable bonds is 6. The molecular weight excluding hydrogens is 150 g/mol. The smallest absolute Gasteiger partial charge is 0.0647 e. The Hall–Kier alpha value is -0.340. The van der Waals surface area contributed by atoms with E-state index in [9.17, 15) is 0 Å². The third-order valence-electron chi connectivity index (χ3n) is 1.34. The largest absolute Gasteiger partial charge is 0.377 e. The van der Waals surface area contributed by atoms with Crippen molar-refractivity contribution in [1.82, 2.24) is 0 Å². The van der Waals surface area contributed by atoms with Gasteiger partial charge in [0.2, 0.25) is 0 Å². The van der Waals surface area contributed by atoms with Crippen molar-refractivity contribution in [3.05, 3.63) is 12.2 Å². The minimum absolute atomic E-state index is 0.256. The first-order valence-corrected chi connectivity index (χ1v) is 4.61. The lowest BCUT2D eigenvalue weighted by Crippen LogP contribution is -2.12. The standard InChI is InChI=1S/C10H21NO/c1-9(2)8-12-7-5-4-6-10(3)11/h4-5,9-10H,6-8,11H2,1-3H3/b5-4-. The van der Waals surface area contributed by atoms with Crippen molar-refractivity contribution in [2.45, 2.75) is 33.2 Å². The summed E-state index contributed by atoms with van der Waals surface area (Å²) >= 11 is 0. The van der Waals surface area contributed by atoms with Crippen LogP contribution < -0.4 is 5.73 Å². The topological polar surface area (TPSA) is 35.2 Å². The van der Waals surface area contributed by atoms with E-state index in [1.807, 2.05) is 13.0 Å². The summed E-state index contributed by atoms with van der Waals surface area (Å²) in [5.41, 5.74) is 5.56. The number of hydrogen-bond acceptors (Lipinski definition) is 2. The second-order valence-corrected chi connectivity index (χ2v) is 3.62. The van der Waals surface area contributed by atoms with Gasteiger partial charge in [-0.25, -0.2) is 0 Å². The highest BCUT2D eigenvalue weighted by Gasteiger charge is 1.91. The van der Waals surface area contributed by atoms with Crippen LogP contribution >= 0.6 is 0 Å². The molecule has 1 unspecified atom stereocenters. The average molecular weight is 171 g/mol. The van der Waals surface area contributed by atoms with Gasteiger partial charge in [-0.15, -0.1) is 0 Å². The summed E-state index contributed by atoms with van der Waals surface area (Å²) in [5, 5.41) is 0. The minimum Gasteiger partial charge on any atom is -0.377 e. The molecule has 0 rings (SSSR count). The maximum absolute atomic E-state index is 5.56. The molecule has 0 aliphatic carbocycles. The van der Waals surface area contributed by atoms with Crippen LogP contribution in [0.1, 0.15) is 27.2 Å². The van der Waals surface area contributed by atoms with E-state index in [-0.39, 0.29) is 6.04 Å². The molecule has 0 spiro atoms. The van der Waals surface area contributed by atoms with Gasteiger partial charge in [-0.1, -0.05) is 26.0 Å². The summed E-state index contributed by atoms with van der Waals surface area (Å²) in [6.45, 7) is 7.84. The predicted molar refractivity (Wildman–Crippen MR) is 53.1 cm³/mol. The molecule has 0 saturated carbocycles. The third kappa shape index (κ3) is 9.66. The molecule has 0 fully saturated rings. The van der Waals surface area contributed by atoms with Crippen molar-refractivity contribution in [3.63, 3.8) is 0 Å². The monoisotopic (exact) mass is 171 g/mol. The molecule has 0 radical (unpaired) electrons. The van der Waals surface area contributed by atoms with Crippen molar-refractivity contribution in [2.24, 2.45) is 11.7 Å². The van der Waals surface area contributed by atoms with E-state index >= 15 is 0 Å². The molecule has 0 aliphatic heterocycles. The Morgan fingerprint density at radius 3 is 2.42 bits per heavy atom. The molecule has 2 nitrogen and oxygen atoms in total. The first-order chi connectivity index (χ1) is 5.63. The maximum atomic E-state index is 5.56. The lowest BCUT2D eigenvalue weighted by molar-refractivity contribution is 0.134. The number of ether oxygens (including phenoxy) is 1. The van der Waals surface area contributed by atoms with Crippen molar-refractivity contribution in [1.29, 1.82) is 0 Å². The van der Waals surface area contributed by atoms with Gasteiger partial charge in [0.1, 0.15) is 0 Å². The fourth-order valence-electron chi connectivity index (χ4n) is 0.751. The minimum atomic E-state index is 0.256. The Bertz CT molecular complexity index is 119. The van der Waals surface area contributed by atoms with Gasteiger partial charge in [0.05, 0.1) is 6.61 Å². The molecule has 0 bridgehead atoms. The second kappa shape index (κ2) is 7.32. The van der Waals surface area contributed by atoms with Crippen LogP contribution in [-0.4, -0.2) is 19.3 Å². The van der Waals surface area contributed by atoms with Crippen LogP contribution in [0.2, 0.25) is 0 Å². The Morgan fingerprint density at radius 2 is 1.92 bits per heavy atom. The molecule has 0 aromatic rings. The van der Waals surface area contributed by atoms with E-state index in [1.165, 1.54) is 0 Å². The van der Waals surface area contributed by atoms with E-state index in [0.717, 1.165) is 13.0 Å². The molecule has 0 saturated heterocycles. The number of nitrogens with two attached hydrogens (primary N) is 1. The van der Waals surface area contributed by atoms with E-state index in [0.29, 0.717) is 12.5 Å². The zero-order valence-corrected chi connectivity index (χ0v) is 8.42. The summed E-state index contributed by atoms with van der Waals surface area (Å²) in [5.74, 6) is 0.617. The van der Waals surface area contributed by atoms with Crippen LogP contribution in [0, 0.1) is 5.92 Å². The highest BCUT2D eigenvalue weighted by molar-refractivity contribution is 4.83. The molecule has 0 aliphatic rings. The molecule has 1 atom stereocenters. The van der Waals surface area contributed by atoms with Crippen molar-refractivity contribution in [2.75, 3.05) is 13.2 Å². The molecule has 72 valence electrons. The molecule has 0 aromatic heterocycles. The van der Waals surface area contributed by atoms with E-state index < -0.39 is 0 Å². The maximum Gasteiger partial charge on any atom is 0.0647 e. The van der Waals surface area contributed by atoms with Gasteiger partial charge < -0.3 is 10.5 Å². The first-order valence-electron chi connectivity index (χ1n) is 4.61. The van der Waals surface area contributed by atoms with Gasteiger partial charge >= 0.3 is 0 Å². The van der Waals surface area contributed by atoms with Gasteiger partial charge in [-0.2, -0.15) is 0 Å². The van der Waals surface area contributed by atoms with Crippen LogP contribution in [-0.2, 0) is 4.74 Å². The lowest BCUT2D eigenvalue weighted by Gasteiger charge is -2.03. The average Bonchev–Trinajstić information content (AvgIpc) is 1.95. The fraction of sp³-hybridized carbons (Fsp3) is 0.800. The van der Waals surface area contributed by atoms with Crippen LogP contribution in [0.25, 0.3) is 0 Å². The van der Waals surface area contributed by atoms with Crippen LogP contribution in [0.4, 0.5) is 0 Å². The molecule has 0 aromatic carbocycles. The van der Waals surface area contributed by atoms with Crippen molar-refractivity contribution in [3.8, 4) is 0 Å².